The molecule has 2 aromatic rings. The maximum Gasteiger partial charge on any atom is 0.283 e. The fourth-order valence-corrected chi connectivity index (χ4v) is 2.90. The van der Waals surface area contributed by atoms with Crippen molar-refractivity contribution in [2.45, 2.75) is 32.1 Å². The van der Waals surface area contributed by atoms with E-state index in [1.807, 2.05) is 19.1 Å². The molecule has 2 aromatic carbocycles. The van der Waals surface area contributed by atoms with E-state index in [1.54, 1.807) is 24.3 Å². The molecule has 0 bridgehead atoms. The molecule has 0 amide bonds. The van der Waals surface area contributed by atoms with E-state index in [2.05, 4.69) is 0 Å². The predicted octanol–water partition coefficient (Wildman–Crippen LogP) is 4.87. The Morgan fingerprint density at radius 3 is 2.30 bits per heavy atom. The second-order valence-electron chi connectivity index (χ2n) is 5.52. The summed E-state index contributed by atoms with van der Waals surface area (Å²) < 4.78 is 43.2. The molecule has 0 saturated heterocycles. The van der Waals surface area contributed by atoms with Gasteiger partial charge in [-0.1, -0.05) is 42.0 Å². The SMILES string of the molecule is Cc1ccc(C2Cc3ccc(C)c(F)c3C2(F)F)cc1. The molecule has 0 saturated carbocycles. The molecule has 0 fully saturated rings. The van der Waals surface area contributed by atoms with Gasteiger partial charge in [0.1, 0.15) is 5.82 Å². The van der Waals surface area contributed by atoms with Crippen molar-refractivity contribution in [2.75, 3.05) is 0 Å². The molecular formula is C17H15F3. The van der Waals surface area contributed by atoms with Gasteiger partial charge in [-0.3, -0.25) is 0 Å². The van der Waals surface area contributed by atoms with E-state index in [-0.39, 0.29) is 12.0 Å². The summed E-state index contributed by atoms with van der Waals surface area (Å²) in [5.74, 6) is -4.89. The molecule has 0 aliphatic heterocycles. The first-order chi connectivity index (χ1) is 9.41. The number of hydrogen-bond donors (Lipinski definition) is 0. The zero-order valence-corrected chi connectivity index (χ0v) is 11.4. The molecule has 104 valence electrons. The van der Waals surface area contributed by atoms with E-state index in [0.29, 0.717) is 11.1 Å². The Morgan fingerprint density at radius 2 is 1.65 bits per heavy atom. The highest BCUT2D eigenvalue weighted by Crippen LogP contribution is 2.52. The Kier molecular flexibility index (Phi) is 2.89. The third kappa shape index (κ3) is 1.84. The van der Waals surface area contributed by atoms with Crippen LogP contribution in [0.3, 0.4) is 0 Å². The summed E-state index contributed by atoms with van der Waals surface area (Å²) in [4.78, 5) is 0. The standard InChI is InChI=1S/C17H15F3/c1-10-3-6-12(7-4-10)14-9-13-8-5-11(2)16(18)15(13)17(14,19)20/h3-8,14H,9H2,1-2H3. The predicted molar refractivity (Wildman–Crippen MR) is 72.7 cm³/mol. The minimum atomic E-state index is -3.15. The van der Waals surface area contributed by atoms with Crippen LogP contribution in [0.2, 0.25) is 0 Å². The Labute approximate surface area is 116 Å². The van der Waals surface area contributed by atoms with Crippen molar-refractivity contribution in [1.82, 2.24) is 0 Å². The van der Waals surface area contributed by atoms with Gasteiger partial charge >= 0.3 is 0 Å². The third-order valence-corrected chi connectivity index (χ3v) is 4.10. The average molecular weight is 276 g/mol. The van der Waals surface area contributed by atoms with Gasteiger partial charge in [-0.2, -0.15) is 0 Å². The third-order valence-electron chi connectivity index (χ3n) is 4.10. The van der Waals surface area contributed by atoms with Gasteiger partial charge in [0.25, 0.3) is 5.92 Å². The minimum Gasteiger partial charge on any atom is -0.206 e. The molecule has 0 N–H and O–H groups in total. The van der Waals surface area contributed by atoms with Crippen LogP contribution in [0.1, 0.15) is 33.7 Å². The van der Waals surface area contributed by atoms with Crippen molar-refractivity contribution in [3.8, 4) is 0 Å². The Hall–Kier alpha value is -1.77. The van der Waals surface area contributed by atoms with Crippen LogP contribution in [0.15, 0.2) is 36.4 Å². The number of aryl methyl sites for hydroxylation is 2. The van der Waals surface area contributed by atoms with Crippen molar-refractivity contribution >= 4 is 0 Å². The maximum atomic E-state index is 14.6. The van der Waals surface area contributed by atoms with Crippen LogP contribution in [0.4, 0.5) is 13.2 Å². The van der Waals surface area contributed by atoms with Gasteiger partial charge in [0.15, 0.2) is 0 Å². The molecule has 1 atom stereocenters. The molecule has 1 unspecified atom stereocenters. The van der Waals surface area contributed by atoms with Gasteiger partial charge < -0.3 is 0 Å². The number of benzene rings is 2. The van der Waals surface area contributed by atoms with E-state index in [0.717, 1.165) is 5.56 Å². The minimum absolute atomic E-state index is 0.183. The van der Waals surface area contributed by atoms with Crippen molar-refractivity contribution in [1.29, 1.82) is 0 Å². The summed E-state index contributed by atoms with van der Waals surface area (Å²) >= 11 is 0. The zero-order valence-electron chi connectivity index (χ0n) is 11.4. The number of fused-ring (bicyclic) bond motifs is 1. The molecule has 0 heterocycles. The van der Waals surface area contributed by atoms with E-state index in [4.69, 9.17) is 0 Å². The van der Waals surface area contributed by atoms with Crippen molar-refractivity contribution in [3.63, 3.8) is 0 Å². The topological polar surface area (TPSA) is 0 Å². The summed E-state index contributed by atoms with van der Waals surface area (Å²) in [6.07, 6.45) is 0.183. The number of alkyl halides is 2. The molecule has 3 heteroatoms. The van der Waals surface area contributed by atoms with Gasteiger partial charge in [-0.15, -0.1) is 0 Å². The lowest BCUT2D eigenvalue weighted by molar-refractivity contribution is -0.0251. The normalized spacial score (nSPS) is 19.9. The molecule has 0 aromatic heterocycles. The second kappa shape index (κ2) is 4.37. The summed E-state index contributed by atoms with van der Waals surface area (Å²) in [6.45, 7) is 3.43. The number of halogens is 3. The van der Waals surface area contributed by atoms with Gasteiger partial charge in [0, 0.05) is 0 Å². The van der Waals surface area contributed by atoms with E-state index < -0.39 is 23.2 Å². The monoisotopic (exact) mass is 276 g/mol. The highest BCUT2D eigenvalue weighted by atomic mass is 19.3. The quantitative estimate of drug-likeness (QED) is 0.696. The highest BCUT2D eigenvalue weighted by molar-refractivity contribution is 5.45. The summed E-state index contributed by atoms with van der Waals surface area (Å²) in [5, 5.41) is 0. The fourth-order valence-electron chi connectivity index (χ4n) is 2.90. The molecule has 3 rings (SSSR count). The largest absolute Gasteiger partial charge is 0.283 e. The number of rotatable bonds is 1. The Bertz CT molecular complexity index is 657. The van der Waals surface area contributed by atoms with Gasteiger partial charge in [0.2, 0.25) is 0 Å². The molecular weight excluding hydrogens is 261 g/mol. The lowest BCUT2D eigenvalue weighted by atomic mass is 9.92. The van der Waals surface area contributed by atoms with E-state index in [9.17, 15) is 13.2 Å². The van der Waals surface area contributed by atoms with Gasteiger partial charge in [-0.25, -0.2) is 13.2 Å². The Balaban J connectivity index is 2.10. The van der Waals surface area contributed by atoms with E-state index >= 15 is 0 Å². The van der Waals surface area contributed by atoms with Crippen LogP contribution in [-0.2, 0) is 12.3 Å². The first kappa shape index (κ1) is 13.2. The van der Waals surface area contributed by atoms with Gasteiger partial charge in [0.05, 0.1) is 11.5 Å². The van der Waals surface area contributed by atoms with Crippen molar-refractivity contribution < 1.29 is 13.2 Å². The summed E-state index contributed by atoms with van der Waals surface area (Å²) in [7, 11) is 0. The summed E-state index contributed by atoms with van der Waals surface area (Å²) in [6, 6.07) is 10.2. The van der Waals surface area contributed by atoms with Crippen LogP contribution in [0, 0.1) is 19.7 Å². The maximum absolute atomic E-state index is 14.6. The molecule has 1 aliphatic carbocycles. The molecule has 0 radical (unpaired) electrons. The first-order valence-electron chi connectivity index (χ1n) is 6.64. The van der Waals surface area contributed by atoms with Crippen molar-refractivity contribution in [2.24, 2.45) is 0 Å². The second-order valence-corrected chi connectivity index (χ2v) is 5.52. The first-order valence-corrected chi connectivity index (χ1v) is 6.64. The van der Waals surface area contributed by atoms with Crippen LogP contribution in [0.25, 0.3) is 0 Å². The highest BCUT2D eigenvalue weighted by Gasteiger charge is 2.51. The Morgan fingerprint density at radius 1 is 1.00 bits per heavy atom. The smallest absolute Gasteiger partial charge is 0.206 e. The zero-order chi connectivity index (χ0) is 14.5. The van der Waals surface area contributed by atoms with Crippen LogP contribution >= 0.6 is 0 Å². The van der Waals surface area contributed by atoms with Crippen LogP contribution < -0.4 is 0 Å². The number of hydrogen-bond acceptors (Lipinski definition) is 0. The van der Waals surface area contributed by atoms with Crippen LogP contribution in [-0.4, -0.2) is 0 Å². The average Bonchev–Trinajstić information content (AvgIpc) is 2.67. The molecule has 0 nitrogen and oxygen atoms in total. The van der Waals surface area contributed by atoms with E-state index in [1.165, 1.54) is 6.92 Å². The van der Waals surface area contributed by atoms with Crippen molar-refractivity contribution in [3.05, 3.63) is 70.0 Å². The lowest BCUT2D eigenvalue weighted by Gasteiger charge is -2.21. The molecule has 1 aliphatic rings. The molecule has 0 spiro atoms. The lowest BCUT2D eigenvalue weighted by Crippen LogP contribution is -2.20. The van der Waals surface area contributed by atoms with Gasteiger partial charge in [-0.05, 0) is 37.0 Å². The molecule has 20 heavy (non-hydrogen) atoms. The summed E-state index contributed by atoms with van der Waals surface area (Å²) in [5.41, 5.74) is 1.86. The van der Waals surface area contributed by atoms with Crippen LogP contribution in [0.5, 0.6) is 0 Å². The fraction of sp³-hybridized carbons (Fsp3) is 0.294.